The monoisotopic (exact) mass is 501 g/mol. The van der Waals surface area contributed by atoms with Gasteiger partial charge in [0.1, 0.15) is 22.4 Å². The number of nitrogens with zero attached hydrogens (tertiary/aromatic N) is 2. The molecule has 2 atom stereocenters. The Hall–Kier alpha value is -1.97. The number of ether oxygens (including phenoxy) is 2. The zero-order valence-corrected chi connectivity index (χ0v) is 20.5. The molecule has 0 aliphatic rings. The van der Waals surface area contributed by atoms with Gasteiger partial charge in [0.15, 0.2) is 11.6 Å². The number of rotatable bonds is 8. The van der Waals surface area contributed by atoms with Crippen LogP contribution in [0.3, 0.4) is 0 Å². The Morgan fingerprint density at radius 3 is 2.44 bits per heavy atom. The molecule has 3 aromatic rings. The second-order valence-corrected chi connectivity index (χ2v) is 8.92. The molecule has 0 amide bonds. The maximum absolute atomic E-state index is 14.6. The van der Waals surface area contributed by atoms with Gasteiger partial charge in [-0.3, -0.25) is 0 Å². The van der Waals surface area contributed by atoms with E-state index in [9.17, 15) is 9.50 Å². The van der Waals surface area contributed by atoms with E-state index in [0.29, 0.717) is 15.6 Å². The van der Waals surface area contributed by atoms with Crippen molar-refractivity contribution >= 4 is 35.3 Å². The summed E-state index contributed by atoms with van der Waals surface area (Å²) in [5.74, 6) is 0.186. The van der Waals surface area contributed by atoms with Crippen molar-refractivity contribution in [2.75, 3.05) is 6.61 Å². The second kappa shape index (κ2) is 11.2. The van der Waals surface area contributed by atoms with Crippen LogP contribution < -0.4 is 15.2 Å². The Morgan fingerprint density at radius 1 is 1.12 bits per heavy atom. The highest BCUT2D eigenvalue weighted by molar-refractivity contribution is 7.18. The van der Waals surface area contributed by atoms with E-state index in [1.165, 1.54) is 23.5 Å². The molecule has 3 rings (SSSR count). The number of aliphatic hydroxyl groups excluding tert-OH is 1. The van der Waals surface area contributed by atoms with Crippen molar-refractivity contribution in [1.29, 1.82) is 0 Å². The van der Waals surface area contributed by atoms with Crippen LogP contribution in [-0.4, -0.2) is 40.2 Å². The first-order valence-electron chi connectivity index (χ1n) is 9.82. The number of aliphatic hydroxyl groups is 1. The van der Waals surface area contributed by atoms with Crippen molar-refractivity contribution in [3.8, 4) is 32.6 Å². The zero-order chi connectivity index (χ0) is 22.7. The largest absolute Gasteiger partial charge is 0.491 e. The molecule has 0 unspecified atom stereocenters. The highest BCUT2D eigenvalue weighted by atomic mass is 35.5. The quantitative estimate of drug-likeness (QED) is 0.436. The summed E-state index contributed by atoms with van der Waals surface area (Å²) in [5, 5.41) is 19.3. The van der Waals surface area contributed by atoms with Crippen LogP contribution >= 0.6 is 35.3 Å². The number of aromatic nitrogens is 2. The van der Waals surface area contributed by atoms with E-state index in [2.05, 4.69) is 10.2 Å². The molecule has 1 heterocycles. The highest BCUT2D eigenvalue weighted by Gasteiger charge is 2.18. The van der Waals surface area contributed by atoms with Crippen LogP contribution in [0.2, 0.25) is 5.02 Å². The molecule has 0 spiro atoms. The molecule has 10 heteroatoms. The van der Waals surface area contributed by atoms with E-state index >= 15 is 0 Å². The predicted molar refractivity (Wildman–Crippen MR) is 129 cm³/mol. The first-order valence-corrected chi connectivity index (χ1v) is 11.0. The normalized spacial score (nSPS) is 12.9. The van der Waals surface area contributed by atoms with Gasteiger partial charge in [-0.15, -0.1) is 22.6 Å². The fourth-order valence-electron chi connectivity index (χ4n) is 2.75. The molecule has 174 valence electrons. The molecule has 6 nitrogen and oxygen atoms in total. The lowest BCUT2D eigenvalue weighted by Crippen LogP contribution is -2.38. The average Bonchev–Trinajstić information content (AvgIpc) is 3.19. The number of hydrogen-bond acceptors (Lipinski definition) is 7. The maximum atomic E-state index is 14.6. The van der Waals surface area contributed by atoms with E-state index in [-0.39, 0.29) is 35.9 Å². The minimum atomic E-state index is -0.771. The Bertz CT molecular complexity index is 1060. The molecule has 0 saturated carbocycles. The SMILES string of the molecule is Cc1cc(-c2nnc(-c3cc(F)c(OC[C@H](N)[C@H](C)O)cc3Cl)s2)ccc1OC(C)C.Cl. The third kappa shape index (κ3) is 6.30. The molecule has 32 heavy (non-hydrogen) atoms. The van der Waals surface area contributed by atoms with E-state index in [1.807, 2.05) is 39.0 Å². The molecule has 0 saturated heterocycles. The third-order valence-electron chi connectivity index (χ3n) is 4.51. The topological polar surface area (TPSA) is 90.5 Å². The summed E-state index contributed by atoms with van der Waals surface area (Å²) in [6.07, 6.45) is -0.684. The van der Waals surface area contributed by atoms with Crippen molar-refractivity contribution < 1.29 is 19.0 Å². The van der Waals surface area contributed by atoms with Gasteiger partial charge in [-0.05, 0) is 57.5 Å². The van der Waals surface area contributed by atoms with Crippen LogP contribution in [0.4, 0.5) is 4.39 Å². The molecule has 0 aliphatic heterocycles. The Labute approximate surface area is 201 Å². The van der Waals surface area contributed by atoms with Crippen LogP contribution in [0.5, 0.6) is 11.5 Å². The molecule has 0 radical (unpaired) electrons. The molecule has 1 aromatic heterocycles. The highest BCUT2D eigenvalue weighted by Crippen LogP contribution is 2.37. The lowest BCUT2D eigenvalue weighted by molar-refractivity contribution is 0.129. The standard InChI is InChI=1S/C22H25ClFN3O3S.ClH/c1-11(2)30-19-6-5-14(7-12(19)3)21-26-27-22(31-21)15-8-17(24)20(9-16(15)23)29-10-18(25)13(4)28;/h5-9,11,13,18,28H,10,25H2,1-4H3;1H/t13-,18-;/m0./s1. The maximum Gasteiger partial charge on any atom is 0.165 e. The fraction of sp³-hybridized carbons (Fsp3) is 0.364. The molecule has 2 aromatic carbocycles. The van der Waals surface area contributed by atoms with Crippen molar-refractivity contribution in [3.05, 3.63) is 46.7 Å². The molecule has 0 aliphatic carbocycles. The number of nitrogens with two attached hydrogens (primary N) is 1. The van der Waals surface area contributed by atoms with Crippen molar-refractivity contribution in [2.24, 2.45) is 5.73 Å². The molecule has 3 N–H and O–H groups in total. The van der Waals surface area contributed by atoms with Gasteiger partial charge in [0, 0.05) is 17.2 Å². The minimum absolute atomic E-state index is 0. The summed E-state index contributed by atoms with van der Waals surface area (Å²) in [4.78, 5) is 0. The summed E-state index contributed by atoms with van der Waals surface area (Å²) in [6, 6.07) is 7.81. The summed E-state index contributed by atoms with van der Waals surface area (Å²) < 4.78 is 25.7. The number of hydrogen-bond donors (Lipinski definition) is 2. The van der Waals surface area contributed by atoms with Crippen LogP contribution in [0.15, 0.2) is 30.3 Å². The molecular formula is C22H26Cl2FN3O3S. The van der Waals surface area contributed by atoms with Crippen molar-refractivity contribution in [3.63, 3.8) is 0 Å². The van der Waals surface area contributed by atoms with Gasteiger partial charge in [0.2, 0.25) is 0 Å². The van der Waals surface area contributed by atoms with E-state index in [4.69, 9.17) is 26.8 Å². The van der Waals surface area contributed by atoms with Gasteiger partial charge in [0.05, 0.1) is 23.3 Å². The third-order valence-corrected chi connectivity index (χ3v) is 5.83. The Balaban J connectivity index is 0.00000363. The van der Waals surface area contributed by atoms with Crippen LogP contribution in [-0.2, 0) is 0 Å². The van der Waals surface area contributed by atoms with Crippen molar-refractivity contribution in [1.82, 2.24) is 10.2 Å². The van der Waals surface area contributed by atoms with Crippen LogP contribution in [0.25, 0.3) is 21.1 Å². The lowest BCUT2D eigenvalue weighted by Gasteiger charge is -2.16. The number of aryl methyl sites for hydroxylation is 1. The lowest BCUT2D eigenvalue weighted by atomic mass is 10.1. The summed E-state index contributed by atoms with van der Waals surface area (Å²) in [6.45, 7) is 7.43. The molecule has 0 bridgehead atoms. The van der Waals surface area contributed by atoms with Crippen LogP contribution in [0, 0.1) is 12.7 Å². The van der Waals surface area contributed by atoms with Gasteiger partial charge in [-0.2, -0.15) is 0 Å². The number of halogens is 3. The summed E-state index contributed by atoms with van der Waals surface area (Å²) in [7, 11) is 0. The van der Waals surface area contributed by atoms with Crippen molar-refractivity contribution in [2.45, 2.75) is 45.9 Å². The second-order valence-electron chi connectivity index (χ2n) is 7.54. The minimum Gasteiger partial charge on any atom is -0.491 e. The molecule has 0 fully saturated rings. The van der Waals surface area contributed by atoms with E-state index < -0.39 is 18.0 Å². The smallest absolute Gasteiger partial charge is 0.165 e. The predicted octanol–water partition coefficient (Wildman–Crippen LogP) is 5.27. The first kappa shape index (κ1) is 26.3. The van der Waals surface area contributed by atoms with Gasteiger partial charge in [-0.1, -0.05) is 22.9 Å². The summed E-state index contributed by atoms with van der Waals surface area (Å²) >= 11 is 7.67. The summed E-state index contributed by atoms with van der Waals surface area (Å²) in [5.41, 5.74) is 8.02. The zero-order valence-electron chi connectivity index (χ0n) is 18.1. The van der Waals surface area contributed by atoms with Gasteiger partial charge in [0.25, 0.3) is 0 Å². The van der Waals surface area contributed by atoms with Gasteiger partial charge in [-0.25, -0.2) is 4.39 Å². The van der Waals surface area contributed by atoms with Gasteiger partial charge < -0.3 is 20.3 Å². The molecular weight excluding hydrogens is 476 g/mol. The average molecular weight is 502 g/mol. The fourth-order valence-corrected chi connectivity index (χ4v) is 3.91. The van der Waals surface area contributed by atoms with Gasteiger partial charge >= 0.3 is 0 Å². The van der Waals surface area contributed by atoms with E-state index in [1.54, 1.807) is 6.92 Å². The van der Waals surface area contributed by atoms with E-state index in [0.717, 1.165) is 16.9 Å². The number of benzene rings is 2. The van der Waals surface area contributed by atoms with Crippen LogP contribution in [0.1, 0.15) is 26.3 Å². The Kier molecular flexibility index (Phi) is 9.24. The first-order chi connectivity index (χ1) is 14.7. The Morgan fingerprint density at radius 2 is 1.81 bits per heavy atom.